The summed E-state index contributed by atoms with van der Waals surface area (Å²) in [6.45, 7) is 4.63. The third kappa shape index (κ3) is 8.36. The lowest BCUT2D eigenvalue weighted by molar-refractivity contribution is -0.118. The number of ether oxygens (including phenoxy) is 2. The fourth-order valence-corrected chi connectivity index (χ4v) is 4.58. The van der Waals surface area contributed by atoms with Gasteiger partial charge in [-0.2, -0.15) is 0 Å². The van der Waals surface area contributed by atoms with E-state index in [1.807, 2.05) is 31.2 Å². The number of primary amides is 1. The SMILES string of the molecule is COc1cc2c(N[C@H](C)c3cccc(Br)c3)nc(C)nc2cc1OCCCCCCCCCC(N)=O. The molecule has 3 aromatic rings. The Morgan fingerprint density at radius 3 is 2.44 bits per heavy atom. The van der Waals surface area contributed by atoms with Crippen LogP contribution in [0, 0.1) is 6.92 Å². The van der Waals surface area contributed by atoms with Gasteiger partial charge in [0, 0.05) is 22.3 Å². The Bertz CT molecular complexity index is 1160. The van der Waals surface area contributed by atoms with Crippen molar-refractivity contribution in [1.29, 1.82) is 0 Å². The average molecular weight is 558 g/mol. The molecule has 8 heteroatoms. The zero-order valence-corrected chi connectivity index (χ0v) is 23.1. The maximum Gasteiger partial charge on any atom is 0.217 e. The summed E-state index contributed by atoms with van der Waals surface area (Å²) in [4.78, 5) is 20.1. The van der Waals surface area contributed by atoms with Crippen LogP contribution in [-0.4, -0.2) is 29.6 Å². The quantitative estimate of drug-likeness (QED) is 0.198. The number of carbonyl (C=O) groups is 1. The number of hydrogen-bond acceptors (Lipinski definition) is 6. The molecule has 1 heterocycles. The topological polar surface area (TPSA) is 99.4 Å². The summed E-state index contributed by atoms with van der Waals surface area (Å²) in [5.74, 6) is 2.62. The normalized spacial score (nSPS) is 11.9. The molecule has 1 atom stereocenters. The first kappa shape index (κ1) is 27.7. The number of carbonyl (C=O) groups excluding carboxylic acids is 1. The van der Waals surface area contributed by atoms with E-state index in [1.165, 1.54) is 6.42 Å². The zero-order valence-electron chi connectivity index (χ0n) is 21.5. The molecule has 3 N–H and O–H groups in total. The smallest absolute Gasteiger partial charge is 0.217 e. The molecule has 36 heavy (non-hydrogen) atoms. The van der Waals surface area contributed by atoms with E-state index < -0.39 is 0 Å². The number of amides is 1. The Kier molecular flexibility index (Phi) is 10.8. The van der Waals surface area contributed by atoms with Gasteiger partial charge in [-0.3, -0.25) is 4.79 Å². The van der Waals surface area contributed by atoms with Crippen LogP contribution in [0.3, 0.4) is 0 Å². The molecule has 0 aliphatic heterocycles. The minimum atomic E-state index is -0.208. The molecule has 0 saturated carbocycles. The number of unbranched alkanes of at least 4 members (excludes halogenated alkanes) is 6. The van der Waals surface area contributed by atoms with Crippen molar-refractivity contribution in [2.75, 3.05) is 19.0 Å². The molecule has 0 aliphatic carbocycles. The van der Waals surface area contributed by atoms with Gasteiger partial charge in [0.15, 0.2) is 11.5 Å². The van der Waals surface area contributed by atoms with Gasteiger partial charge < -0.3 is 20.5 Å². The molecular formula is C28H37BrN4O3. The maximum atomic E-state index is 10.8. The number of benzene rings is 2. The predicted molar refractivity (Wildman–Crippen MR) is 149 cm³/mol. The van der Waals surface area contributed by atoms with E-state index in [9.17, 15) is 4.79 Å². The summed E-state index contributed by atoms with van der Waals surface area (Å²) in [5.41, 5.74) is 7.15. The van der Waals surface area contributed by atoms with Crippen molar-refractivity contribution in [1.82, 2.24) is 9.97 Å². The van der Waals surface area contributed by atoms with Crippen molar-refractivity contribution < 1.29 is 14.3 Å². The van der Waals surface area contributed by atoms with Crippen molar-refractivity contribution in [2.45, 2.75) is 71.3 Å². The van der Waals surface area contributed by atoms with Gasteiger partial charge in [0.1, 0.15) is 11.6 Å². The highest BCUT2D eigenvalue weighted by Crippen LogP contribution is 2.35. The van der Waals surface area contributed by atoms with Gasteiger partial charge in [0.2, 0.25) is 5.91 Å². The van der Waals surface area contributed by atoms with Gasteiger partial charge in [0.25, 0.3) is 0 Å². The van der Waals surface area contributed by atoms with Crippen molar-refractivity contribution in [3.63, 3.8) is 0 Å². The molecule has 0 aliphatic rings. The first-order chi connectivity index (χ1) is 17.4. The molecule has 2 aromatic carbocycles. The van der Waals surface area contributed by atoms with E-state index >= 15 is 0 Å². The van der Waals surface area contributed by atoms with Crippen molar-refractivity contribution >= 4 is 38.6 Å². The number of nitrogens with one attached hydrogen (secondary N) is 1. The van der Waals surface area contributed by atoms with E-state index in [0.29, 0.717) is 30.4 Å². The summed E-state index contributed by atoms with van der Waals surface area (Å²) in [6, 6.07) is 12.2. The Morgan fingerprint density at radius 2 is 1.75 bits per heavy atom. The van der Waals surface area contributed by atoms with Crippen LogP contribution in [0.5, 0.6) is 11.5 Å². The molecule has 0 bridgehead atoms. The van der Waals surface area contributed by atoms with Gasteiger partial charge in [-0.1, -0.05) is 60.2 Å². The Morgan fingerprint density at radius 1 is 1.03 bits per heavy atom. The molecule has 0 saturated heterocycles. The number of nitrogens with zero attached hydrogens (tertiary/aromatic N) is 2. The van der Waals surface area contributed by atoms with E-state index in [2.05, 4.69) is 50.3 Å². The van der Waals surface area contributed by atoms with Gasteiger partial charge >= 0.3 is 0 Å². The molecule has 1 amide bonds. The lowest BCUT2D eigenvalue weighted by Gasteiger charge is -2.18. The highest BCUT2D eigenvalue weighted by molar-refractivity contribution is 9.10. The van der Waals surface area contributed by atoms with Crippen LogP contribution in [-0.2, 0) is 4.79 Å². The summed E-state index contributed by atoms with van der Waals surface area (Å²) in [7, 11) is 1.65. The van der Waals surface area contributed by atoms with Crippen molar-refractivity contribution in [3.8, 4) is 11.5 Å². The predicted octanol–water partition coefficient (Wildman–Crippen LogP) is 6.87. The molecule has 0 radical (unpaired) electrons. The first-order valence-corrected chi connectivity index (χ1v) is 13.5. The van der Waals surface area contributed by atoms with E-state index in [1.54, 1.807) is 7.11 Å². The monoisotopic (exact) mass is 556 g/mol. The second kappa shape index (κ2) is 14.0. The third-order valence-corrected chi connectivity index (χ3v) is 6.61. The van der Waals surface area contributed by atoms with Gasteiger partial charge in [-0.25, -0.2) is 9.97 Å². The fraction of sp³-hybridized carbons (Fsp3) is 0.464. The lowest BCUT2D eigenvalue weighted by atomic mass is 10.1. The van der Waals surface area contributed by atoms with Crippen molar-refractivity contribution in [3.05, 3.63) is 52.3 Å². The summed E-state index contributed by atoms with van der Waals surface area (Å²) in [5, 5.41) is 4.43. The van der Waals surface area contributed by atoms with Crippen LogP contribution in [0.4, 0.5) is 5.82 Å². The summed E-state index contributed by atoms with van der Waals surface area (Å²) < 4.78 is 12.8. The molecule has 0 spiro atoms. The zero-order chi connectivity index (χ0) is 25.9. The van der Waals surface area contributed by atoms with Crippen molar-refractivity contribution in [2.24, 2.45) is 5.73 Å². The molecule has 3 rings (SSSR count). The molecule has 0 fully saturated rings. The van der Waals surface area contributed by atoms with E-state index in [0.717, 1.165) is 65.3 Å². The van der Waals surface area contributed by atoms with Crippen LogP contribution in [0.15, 0.2) is 40.9 Å². The first-order valence-electron chi connectivity index (χ1n) is 12.7. The number of methoxy groups -OCH3 is 1. The van der Waals surface area contributed by atoms with Crippen LogP contribution < -0.4 is 20.5 Å². The number of nitrogens with two attached hydrogens (primary N) is 1. The number of rotatable bonds is 15. The second-order valence-corrected chi connectivity index (χ2v) is 10.0. The van der Waals surface area contributed by atoms with Gasteiger partial charge in [-0.05, 0) is 50.5 Å². The number of aryl methyl sites for hydroxylation is 1. The molecule has 7 nitrogen and oxygen atoms in total. The maximum absolute atomic E-state index is 10.8. The largest absolute Gasteiger partial charge is 0.493 e. The minimum Gasteiger partial charge on any atom is -0.493 e. The highest BCUT2D eigenvalue weighted by atomic mass is 79.9. The van der Waals surface area contributed by atoms with Crippen LogP contribution in [0.1, 0.15) is 75.7 Å². The number of halogens is 1. The van der Waals surface area contributed by atoms with Crippen LogP contribution in [0.25, 0.3) is 10.9 Å². The molecule has 1 aromatic heterocycles. The van der Waals surface area contributed by atoms with E-state index in [-0.39, 0.29) is 11.9 Å². The minimum absolute atomic E-state index is 0.0603. The van der Waals surface area contributed by atoms with E-state index in [4.69, 9.17) is 15.2 Å². The second-order valence-electron chi connectivity index (χ2n) is 9.10. The Labute approximate surface area is 222 Å². The summed E-state index contributed by atoms with van der Waals surface area (Å²) in [6.07, 6.45) is 8.00. The molecule has 194 valence electrons. The van der Waals surface area contributed by atoms with Crippen LogP contribution in [0.2, 0.25) is 0 Å². The standard InChI is InChI=1S/C28H37BrN4O3/c1-19(21-12-11-13-22(29)16-21)31-28-23-17-25(35-3)26(18-24(23)32-20(2)33-28)36-15-10-8-6-4-5-7-9-14-27(30)34/h11-13,16-19H,4-10,14-15H2,1-3H3,(H2,30,34)(H,31,32,33)/t19-/m1/s1. The molecule has 0 unspecified atom stereocenters. The highest BCUT2D eigenvalue weighted by Gasteiger charge is 2.15. The van der Waals surface area contributed by atoms with Gasteiger partial charge in [-0.15, -0.1) is 0 Å². The summed E-state index contributed by atoms with van der Waals surface area (Å²) >= 11 is 3.55. The lowest BCUT2D eigenvalue weighted by Crippen LogP contribution is -2.10. The average Bonchev–Trinajstić information content (AvgIpc) is 2.84. The van der Waals surface area contributed by atoms with Crippen LogP contribution >= 0.6 is 15.9 Å². The Hall–Kier alpha value is -2.87. The molecular weight excluding hydrogens is 520 g/mol. The number of aromatic nitrogens is 2. The number of fused-ring (bicyclic) bond motifs is 1. The third-order valence-electron chi connectivity index (χ3n) is 6.12. The van der Waals surface area contributed by atoms with Gasteiger partial charge in [0.05, 0.1) is 25.3 Å². The fourth-order valence-electron chi connectivity index (χ4n) is 4.17. The number of hydrogen-bond donors (Lipinski definition) is 2. The Balaban J connectivity index is 1.59. The number of anilines is 1.